The van der Waals surface area contributed by atoms with E-state index in [1.54, 1.807) is 12.1 Å². The minimum atomic E-state index is -0.0884. The fourth-order valence-corrected chi connectivity index (χ4v) is 4.15. The summed E-state index contributed by atoms with van der Waals surface area (Å²) in [6.07, 6.45) is 1.63. The average molecular weight is 447 g/mol. The lowest BCUT2D eigenvalue weighted by Crippen LogP contribution is -2.33. The van der Waals surface area contributed by atoms with E-state index in [-0.39, 0.29) is 11.9 Å². The molecule has 0 fully saturated rings. The molecule has 30 heavy (non-hydrogen) atoms. The van der Waals surface area contributed by atoms with Gasteiger partial charge in [0.15, 0.2) is 5.78 Å². The van der Waals surface area contributed by atoms with Gasteiger partial charge in [0.05, 0.1) is 14.9 Å². The van der Waals surface area contributed by atoms with Crippen LogP contribution in [0.4, 0.5) is 0 Å². The van der Waals surface area contributed by atoms with E-state index < -0.39 is 0 Å². The molecule has 1 N–H and O–H groups in total. The van der Waals surface area contributed by atoms with E-state index in [1.807, 2.05) is 50.3 Å². The van der Waals surface area contributed by atoms with Gasteiger partial charge in [0, 0.05) is 38.5 Å². The first kappa shape index (κ1) is 22.5. The quantitative estimate of drug-likeness (QED) is 0.352. The van der Waals surface area contributed by atoms with Gasteiger partial charge in [0.2, 0.25) is 0 Å². The fourth-order valence-electron chi connectivity index (χ4n) is 3.14. The van der Waals surface area contributed by atoms with Crippen LogP contribution in [0.25, 0.3) is 0 Å². The Balaban J connectivity index is 1.50. The van der Waals surface area contributed by atoms with Gasteiger partial charge in [0.25, 0.3) is 0 Å². The number of thiophene rings is 1. The van der Waals surface area contributed by atoms with Gasteiger partial charge in [-0.15, -0.1) is 11.3 Å². The van der Waals surface area contributed by atoms with Gasteiger partial charge in [-0.2, -0.15) is 0 Å². The van der Waals surface area contributed by atoms with E-state index in [2.05, 4.69) is 10.1 Å². The number of nitrogens with zero attached hydrogens (tertiary/aromatic N) is 3. The number of hydrogen-bond acceptors (Lipinski definition) is 6. The third-order valence-electron chi connectivity index (χ3n) is 5.03. The molecule has 0 amide bonds. The van der Waals surface area contributed by atoms with Crippen molar-refractivity contribution in [3.05, 3.63) is 56.7 Å². The summed E-state index contributed by atoms with van der Waals surface area (Å²) in [7, 11) is 5.99. The summed E-state index contributed by atoms with van der Waals surface area (Å²) in [6, 6.07) is 11.4. The summed E-state index contributed by atoms with van der Waals surface area (Å²) < 4.78 is 0.626. The molecule has 0 spiro atoms. The molecule has 1 aromatic carbocycles. The smallest absolute Gasteiger partial charge is 0.172 e. The van der Waals surface area contributed by atoms with Gasteiger partial charge in [-0.05, 0) is 38.2 Å². The molecule has 8 heteroatoms. The largest absolute Gasteiger partial charge is 0.392 e. The molecule has 0 saturated carbocycles. The molecule has 2 heterocycles. The maximum atomic E-state index is 12.2. The number of likely N-dealkylation sites (N-methyl/N-ethyl adjacent to an activating group) is 2. The molecule has 1 aliphatic rings. The number of nitrogens with one attached hydrogen (secondary N) is 1. The Bertz CT molecular complexity index is 923. The van der Waals surface area contributed by atoms with Crippen molar-refractivity contribution in [3.63, 3.8) is 0 Å². The van der Waals surface area contributed by atoms with Gasteiger partial charge in [-0.25, -0.2) is 0 Å². The van der Waals surface area contributed by atoms with Gasteiger partial charge in [-0.3, -0.25) is 10.2 Å². The van der Waals surface area contributed by atoms with Crippen molar-refractivity contribution >= 4 is 40.3 Å². The molecule has 6 nitrogen and oxygen atoms in total. The number of Topliss-reactive ketones (excluding diaryl/α,β-unsaturated/α-hetero) is 1. The SMILES string of the molecule is CN(C)CCN(C)C(=N)c1ccc(C2=NOC(CCC(=O)c3ccc(Cl)s3)C2)cc1. The van der Waals surface area contributed by atoms with E-state index in [0.717, 1.165) is 29.9 Å². The number of hydrogen-bond donors (Lipinski definition) is 1. The first-order valence-electron chi connectivity index (χ1n) is 9.90. The molecule has 1 aliphatic heterocycles. The Hall–Kier alpha value is -2.22. The number of ketones is 1. The number of rotatable bonds is 9. The van der Waals surface area contributed by atoms with Crippen LogP contribution in [-0.4, -0.2) is 67.5 Å². The Labute approximate surface area is 186 Å². The summed E-state index contributed by atoms with van der Waals surface area (Å²) in [6.45, 7) is 1.70. The maximum absolute atomic E-state index is 12.2. The highest BCUT2D eigenvalue weighted by Crippen LogP contribution is 2.25. The number of halogens is 1. The number of carbonyl (C=O) groups is 1. The maximum Gasteiger partial charge on any atom is 0.172 e. The minimum Gasteiger partial charge on any atom is -0.392 e. The number of benzene rings is 1. The van der Waals surface area contributed by atoms with Crippen molar-refractivity contribution in [2.45, 2.75) is 25.4 Å². The Morgan fingerprint density at radius 3 is 2.57 bits per heavy atom. The molecular formula is C22H27ClN4O2S. The highest BCUT2D eigenvalue weighted by Gasteiger charge is 2.23. The molecule has 1 atom stereocenters. The number of carbonyl (C=O) groups excluding carboxylic acids is 1. The van der Waals surface area contributed by atoms with Crippen LogP contribution in [0.2, 0.25) is 4.34 Å². The molecule has 0 saturated heterocycles. The summed E-state index contributed by atoms with van der Waals surface area (Å²) >= 11 is 7.21. The molecular weight excluding hydrogens is 420 g/mol. The van der Waals surface area contributed by atoms with E-state index >= 15 is 0 Å². The van der Waals surface area contributed by atoms with Crippen LogP contribution in [0.3, 0.4) is 0 Å². The lowest BCUT2D eigenvalue weighted by atomic mass is 10.00. The van der Waals surface area contributed by atoms with Gasteiger partial charge < -0.3 is 14.6 Å². The van der Waals surface area contributed by atoms with Crippen molar-refractivity contribution < 1.29 is 9.63 Å². The molecule has 1 aromatic heterocycles. The Morgan fingerprint density at radius 1 is 1.20 bits per heavy atom. The second-order valence-corrected chi connectivity index (χ2v) is 9.40. The van der Waals surface area contributed by atoms with Gasteiger partial charge in [-0.1, -0.05) is 41.0 Å². The summed E-state index contributed by atoms with van der Waals surface area (Å²) in [5.41, 5.74) is 2.74. The summed E-state index contributed by atoms with van der Waals surface area (Å²) in [4.78, 5) is 22.5. The van der Waals surface area contributed by atoms with Crippen LogP contribution < -0.4 is 0 Å². The highest BCUT2D eigenvalue weighted by molar-refractivity contribution is 7.18. The Kier molecular flexibility index (Phi) is 7.64. The lowest BCUT2D eigenvalue weighted by Gasteiger charge is -2.22. The molecule has 1 unspecified atom stereocenters. The summed E-state index contributed by atoms with van der Waals surface area (Å²) in [5, 5.41) is 12.6. The lowest BCUT2D eigenvalue weighted by molar-refractivity contribution is 0.0720. The van der Waals surface area contributed by atoms with Crippen molar-refractivity contribution in [1.82, 2.24) is 9.80 Å². The van der Waals surface area contributed by atoms with E-state index in [1.165, 1.54) is 11.3 Å². The molecule has 0 aliphatic carbocycles. The van der Waals surface area contributed by atoms with Crippen LogP contribution in [0, 0.1) is 5.41 Å². The van der Waals surface area contributed by atoms with E-state index in [0.29, 0.717) is 34.3 Å². The number of amidine groups is 1. The van der Waals surface area contributed by atoms with Crippen molar-refractivity contribution in [2.75, 3.05) is 34.2 Å². The zero-order valence-electron chi connectivity index (χ0n) is 17.5. The van der Waals surface area contributed by atoms with Crippen LogP contribution in [0.1, 0.15) is 40.1 Å². The zero-order valence-corrected chi connectivity index (χ0v) is 19.1. The highest BCUT2D eigenvalue weighted by atomic mass is 35.5. The average Bonchev–Trinajstić information content (AvgIpc) is 3.39. The van der Waals surface area contributed by atoms with Crippen molar-refractivity contribution in [1.29, 1.82) is 5.41 Å². The van der Waals surface area contributed by atoms with Crippen LogP contribution in [0.15, 0.2) is 41.6 Å². The standard InChI is InChI=1S/C22H27ClN4O2S/c1-26(2)12-13-27(3)22(24)16-6-4-15(5-7-16)18-14-17(29-25-18)8-9-19(28)20-10-11-21(23)30-20/h4-7,10-11,17,24H,8-9,12-14H2,1-3H3. The molecule has 160 valence electrons. The predicted octanol–water partition coefficient (Wildman–Crippen LogP) is 4.38. The number of oxime groups is 1. The normalized spacial score (nSPS) is 15.8. The molecule has 3 rings (SSSR count). The monoisotopic (exact) mass is 446 g/mol. The first-order valence-corrected chi connectivity index (χ1v) is 11.1. The minimum absolute atomic E-state index is 0.0881. The summed E-state index contributed by atoms with van der Waals surface area (Å²) in [5.74, 6) is 0.586. The van der Waals surface area contributed by atoms with Crippen LogP contribution in [0.5, 0.6) is 0 Å². The zero-order chi connectivity index (χ0) is 21.7. The van der Waals surface area contributed by atoms with Crippen molar-refractivity contribution in [3.8, 4) is 0 Å². The van der Waals surface area contributed by atoms with E-state index in [9.17, 15) is 4.79 Å². The second-order valence-electron chi connectivity index (χ2n) is 7.69. The van der Waals surface area contributed by atoms with Crippen LogP contribution >= 0.6 is 22.9 Å². The van der Waals surface area contributed by atoms with Crippen LogP contribution in [-0.2, 0) is 4.84 Å². The third-order valence-corrected chi connectivity index (χ3v) is 6.30. The molecule has 2 aromatic rings. The Morgan fingerprint density at radius 2 is 1.93 bits per heavy atom. The predicted molar refractivity (Wildman–Crippen MR) is 123 cm³/mol. The van der Waals surface area contributed by atoms with Gasteiger partial charge in [0.1, 0.15) is 11.9 Å². The van der Waals surface area contributed by atoms with Gasteiger partial charge >= 0.3 is 0 Å². The first-order chi connectivity index (χ1) is 14.3. The second kappa shape index (κ2) is 10.2. The molecule has 0 bridgehead atoms. The van der Waals surface area contributed by atoms with E-state index in [4.69, 9.17) is 21.8 Å². The topological polar surface area (TPSA) is 69.0 Å². The third kappa shape index (κ3) is 5.90. The van der Waals surface area contributed by atoms with Crippen molar-refractivity contribution in [2.24, 2.45) is 5.16 Å². The fraction of sp³-hybridized carbons (Fsp3) is 0.409. The molecule has 0 radical (unpaired) electrons.